The number of hydrogen-bond donors (Lipinski definition) is 1. The van der Waals surface area contributed by atoms with Crippen LogP contribution in [0.1, 0.15) is 5.56 Å². The number of pyridine rings is 1. The summed E-state index contributed by atoms with van der Waals surface area (Å²) in [5.41, 5.74) is 0.0975. The molecule has 0 aliphatic heterocycles. The summed E-state index contributed by atoms with van der Waals surface area (Å²) in [5, 5.41) is 11.1. The first-order valence-corrected chi connectivity index (χ1v) is 7.63. The standard InChI is InChI=1S/C13H13N3O5S/c1-21-11-4-5-13(12(7-11)16(17)18)22(19,20)15-9-10-3-2-6-14-8-10/h2-8,15H,9H2,1H3. The van der Waals surface area contributed by atoms with Crippen LogP contribution in [0.25, 0.3) is 0 Å². The summed E-state index contributed by atoms with van der Waals surface area (Å²) < 4.78 is 31.7. The monoisotopic (exact) mass is 323 g/mol. The van der Waals surface area contributed by atoms with Crippen LogP contribution in [0.5, 0.6) is 5.75 Å². The fourth-order valence-electron chi connectivity index (χ4n) is 1.75. The van der Waals surface area contributed by atoms with Gasteiger partial charge in [0.25, 0.3) is 5.69 Å². The molecule has 0 aliphatic rings. The zero-order valence-electron chi connectivity index (χ0n) is 11.6. The van der Waals surface area contributed by atoms with Gasteiger partial charge in [-0.25, -0.2) is 13.1 Å². The van der Waals surface area contributed by atoms with Gasteiger partial charge in [-0.15, -0.1) is 0 Å². The molecule has 116 valence electrons. The molecule has 0 amide bonds. The largest absolute Gasteiger partial charge is 0.497 e. The molecule has 0 atom stereocenters. The minimum atomic E-state index is -4.03. The molecule has 1 aromatic carbocycles. The van der Waals surface area contributed by atoms with Crippen molar-refractivity contribution in [3.05, 3.63) is 58.4 Å². The van der Waals surface area contributed by atoms with E-state index < -0.39 is 25.5 Å². The molecule has 0 saturated heterocycles. The number of nitrogens with zero attached hydrogens (tertiary/aromatic N) is 2. The lowest BCUT2D eigenvalue weighted by molar-refractivity contribution is -0.387. The zero-order chi connectivity index (χ0) is 16.2. The Morgan fingerprint density at radius 3 is 2.73 bits per heavy atom. The minimum Gasteiger partial charge on any atom is -0.497 e. The van der Waals surface area contributed by atoms with Gasteiger partial charge >= 0.3 is 0 Å². The van der Waals surface area contributed by atoms with Gasteiger partial charge in [0, 0.05) is 18.9 Å². The van der Waals surface area contributed by atoms with E-state index in [1.165, 1.54) is 19.4 Å². The van der Waals surface area contributed by atoms with Crippen LogP contribution in [0.3, 0.4) is 0 Å². The summed E-state index contributed by atoms with van der Waals surface area (Å²) in [6.07, 6.45) is 3.07. The van der Waals surface area contributed by atoms with E-state index in [2.05, 4.69) is 9.71 Å². The normalized spacial score (nSPS) is 11.1. The van der Waals surface area contributed by atoms with Gasteiger partial charge in [-0.2, -0.15) is 0 Å². The highest BCUT2D eigenvalue weighted by molar-refractivity contribution is 7.89. The third kappa shape index (κ3) is 3.57. The molecule has 0 bridgehead atoms. The maximum Gasteiger partial charge on any atom is 0.293 e. The van der Waals surface area contributed by atoms with E-state index in [4.69, 9.17) is 4.74 Å². The molecule has 8 nitrogen and oxygen atoms in total. The van der Waals surface area contributed by atoms with Gasteiger partial charge in [-0.3, -0.25) is 15.1 Å². The number of ether oxygens (including phenoxy) is 1. The van der Waals surface area contributed by atoms with Crippen molar-refractivity contribution >= 4 is 15.7 Å². The fourth-order valence-corrected chi connectivity index (χ4v) is 2.92. The average molecular weight is 323 g/mol. The Kier molecular flexibility index (Phi) is 4.68. The smallest absolute Gasteiger partial charge is 0.293 e. The van der Waals surface area contributed by atoms with Gasteiger partial charge in [-0.05, 0) is 23.8 Å². The third-order valence-electron chi connectivity index (χ3n) is 2.84. The Hall–Kier alpha value is -2.52. The van der Waals surface area contributed by atoms with Crippen molar-refractivity contribution in [2.45, 2.75) is 11.4 Å². The summed E-state index contributed by atoms with van der Waals surface area (Å²) in [4.78, 5) is 13.7. The van der Waals surface area contributed by atoms with Crippen LogP contribution in [-0.2, 0) is 16.6 Å². The van der Waals surface area contributed by atoms with Crippen LogP contribution < -0.4 is 9.46 Å². The van der Waals surface area contributed by atoms with Gasteiger partial charge in [-0.1, -0.05) is 6.07 Å². The number of nitro groups is 1. The average Bonchev–Trinajstić information content (AvgIpc) is 2.53. The predicted molar refractivity (Wildman–Crippen MR) is 77.9 cm³/mol. The number of aromatic nitrogens is 1. The molecule has 0 spiro atoms. The van der Waals surface area contributed by atoms with E-state index >= 15 is 0 Å². The van der Waals surface area contributed by atoms with Gasteiger partial charge in [0.2, 0.25) is 10.0 Å². The predicted octanol–water partition coefficient (Wildman–Crippen LogP) is 1.48. The van der Waals surface area contributed by atoms with E-state index in [1.807, 2.05) is 0 Å². The summed E-state index contributed by atoms with van der Waals surface area (Å²) >= 11 is 0. The van der Waals surface area contributed by atoms with Gasteiger partial charge in [0.05, 0.1) is 18.1 Å². The van der Waals surface area contributed by atoms with Crippen molar-refractivity contribution in [1.82, 2.24) is 9.71 Å². The van der Waals surface area contributed by atoms with E-state index in [9.17, 15) is 18.5 Å². The topological polar surface area (TPSA) is 111 Å². The summed E-state index contributed by atoms with van der Waals surface area (Å²) in [6, 6.07) is 6.92. The van der Waals surface area contributed by atoms with Crippen molar-refractivity contribution in [3.8, 4) is 5.75 Å². The summed E-state index contributed by atoms with van der Waals surface area (Å²) in [7, 11) is -2.69. The number of rotatable bonds is 6. The minimum absolute atomic E-state index is 0.0145. The van der Waals surface area contributed by atoms with Crippen molar-refractivity contribution in [2.24, 2.45) is 0 Å². The van der Waals surface area contributed by atoms with E-state index in [1.54, 1.807) is 18.3 Å². The maximum absolute atomic E-state index is 12.3. The molecule has 0 aliphatic carbocycles. The quantitative estimate of drug-likeness (QED) is 0.636. The third-order valence-corrected chi connectivity index (χ3v) is 4.29. The van der Waals surface area contributed by atoms with Crippen LogP contribution in [0.15, 0.2) is 47.6 Å². The van der Waals surface area contributed by atoms with E-state index in [0.717, 1.165) is 12.1 Å². The van der Waals surface area contributed by atoms with Crippen molar-refractivity contribution in [2.75, 3.05) is 7.11 Å². The van der Waals surface area contributed by atoms with Crippen molar-refractivity contribution in [1.29, 1.82) is 0 Å². The number of methoxy groups -OCH3 is 1. The second-order valence-corrected chi connectivity index (χ2v) is 6.01. The maximum atomic E-state index is 12.3. The van der Waals surface area contributed by atoms with Crippen molar-refractivity contribution < 1.29 is 18.1 Å². The van der Waals surface area contributed by atoms with Crippen LogP contribution in [0.2, 0.25) is 0 Å². The first-order valence-electron chi connectivity index (χ1n) is 6.15. The Labute approximate surface area is 127 Å². The first-order chi connectivity index (χ1) is 10.4. The van der Waals surface area contributed by atoms with Crippen LogP contribution in [-0.4, -0.2) is 25.4 Å². The molecule has 1 heterocycles. The Morgan fingerprint density at radius 2 is 2.14 bits per heavy atom. The molecule has 0 unspecified atom stereocenters. The molecule has 22 heavy (non-hydrogen) atoms. The number of sulfonamides is 1. The fraction of sp³-hybridized carbons (Fsp3) is 0.154. The van der Waals surface area contributed by atoms with Crippen molar-refractivity contribution in [3.63, 3.8) is 0 Å². The lowest BCUT2D eigenvalue weighted by Crippen LogP contribution is -2.24. The number of hydrogen-bond acceptors (Lipinski definition) is 6. The van der Waals surface area contributed by atoms with Gasteiger partial charge in [0.1, 0.15) is 5.75 Å². The van der Waals surface area contributed by atoms with E-state index in [-0.39, 0.29) is 12.3 Å². The SMILES string of the molecule is COc1ccc(S(=O)(=O)NCc2cccnc2)c([N+](=O)[O-])c1. The van der Waals surface area contributed by atoms with Crippen LogP contribution in [0.4, 0.5) is 5.69 Å². The zero-order valence-corrected chi connectivity index (χ0v) is 12.4. The number of nitrogens with one attached hydrogen (secondary N) is 1. The second kappa shape index (κ2) is 6.50. The van der Waals surface area contributed by atoms with Crippen LogP contribution in [0, 0.1) is 10.1 Å². The molecule has 1 N–H and O–H groups in total. The molecule has 0 fully saturated rings. The second-order valence-electron chi connectivity index (χ2n) is 4.28. The summed E-state index contributed by atoms with van der Waals surface area (Å²) in [5.74, 6) is 0.206. The molecular weight excluding hydrogens is 310 g/mol. The summed E-state index contributed by atoms with van der Waals surface area (Å²) in [6.45, 7) is -0.0145. The Morgan fingerprint density at radius 1 is 1.36 bits per heavy atom. The lowest BCUT2D eigenvalue weighted by Gasteiger charge is -2.08. The highest BCUT2D eigenvalue weighted by Crippen LogP contribution is 2.28. The first kappa shape index (κ1) is 15.9. The lowest BCUT2D eigenvalue weighted by atomic mass is 10.3. The number of benzene rings is 1. The molecular formula is C13H13N3O5S. The molecule has 1 aromatic heterocycles. The molecule has 9 heteroatoms. The van der Waals surface area contributed by atoms with Gasteiger partial charge in [0.15, 0.2) is 4.90 Å². The number of nitro benzene ring substituents is 1. The molecule has 0 radical (unpaired) electrons. The molecule has 2 aromatic rings. The highest BCUT2D eigenvalue weighted by Gasteiger charge is 2.26. The van der Waals surface area contributed by atoms with E-state index in [0.29, 0.717) is 5.56 Å². The van der Waals surface area contributed by atoms with Crippen LogP contribution >= 0.6 is 0 Å². The highest BCUT2D eigenvalue weighted by atomic mass is 32.2. The Balaban J connectivity index is 2.31. The molecule has 0 saturated carbocycles. The van der Waals surface area contributed by atoms with Gasteiger partial charge < -0.3 is 4.74 Å². The molecule has 2 rings (SSSR count). The Bertz CT molecular complexity index is 778.